The second-order valence-electron chi connectivity index (χ2n) is 6.94. The van der Waals surface area contributed by atoms with Gasteiger partial charge in [0.2, 0.25) is 0 Å². The lowest BCUT2D eigenvalue weighted by atomic mass is 9.90. The molecule has 0 saturated carbocycles. The standard InChI is InChI=1S/C23H26N2O4/c1-28-14-4-3-5-19-15-24-21(16-10-12-20(29-2)13-11-16)22(25-19)17-6-8-18(9-7-17)23(26)27/h6,8-13,15,17H,3-5,7,14H2,1-2H3,(H,26,27). The SMILES string of the molecule is COCCCCc1cnc(-c2ccc(OC)cc2)c(C2C=CC(C(=O)O)=CC2)n1. The van der Waals surface area contributed by atoms with Crippen molar-refractivity contribution in [2.75, 3.05) is 20.8 Å². The van der Waals surface area contributed by atoms with Crippen LogP contribution in [0.2, 0.25) is 0 Å². The number of unbranched alkanes of at least 4 members (excludes halogenated alkanes) is 1. The van der Waals surface area contributed by atoms with Crippen LogP contribution in [-0.4, -0.2) is 41.9 Å². The van der Waals surface area contributed by atoms with Gasteiger partial charge in [0.05, 0.1) is 29.8 Å². The van der Waals surface area contributed by atoms with E-state index in [-0.39, 0.29) is 5.92 Å². The fraction of sp³-hybridized carbons (Fsp3) is 0.348. The van der Waals surface area contributed by atoms with Gasteiger partial charge in [0.1, 0.15) is 5.75 Å². The predicted molar refractivity (Wildman–Crippen MR) is 111 cm³/mol. The molecule has 29 heavy (non-hydrogen) atoms. The van der Waals surface area contributed by atoms with Gasteiger partial charge in [0.25, 0.3) is 0 Å². The number of carboxylic acid groups (broad SMARTS) is 1. The minimum Gasteiger partial charge on any atom is -0.497 e. The third-order valence-electron chi connectivity index (χ3n) is 4.94. The smallest absolute Gasteiger partial charge is 0.335 e. The number of benzene rings is 1. The van der Waals surface area contributed by atoms with Crippen molar-refractivity contribution >= 4 is 5.97 Å². The van der Waals surface area contributed by atoms with Gasteiger partial charge in [-0.05, 0) is 49.9 Å². The zero-order valence-corrected chi connectivity index (χ0v) is 16.8. The summed E-state index contributed by atoms with van der Waals surface area (Å²) in [6.07, 6.45) is 10.5. The van der Waals surface area contributed by atoms with Crippen molar-refractivity contribution in [1.29, 1.82) is 0 Å². The molecule has 1 unspecified atom stereocenters. The van der Waals surface area contributed by atoms with Crippen molar-refractivity contribution < 1.29 is 19.4 Å². The number of aliphatic carboxylic acids is 1. The molecule has 0 fully saturated rings. The van der Waals surface area contributed by atoms with Crippen LogP contribution in [0.5, 0.6) is 5.75 Å². The van der Waals surface area contributed by atoms with Gasteiger partial charge in [-0.25, -0.2) is 4.79 Å². The highest BCUT2D eigenvalue weighted by Gasteiger charge is 2.21. The van der Waals surface area contributed by atoms with Crippen LogP contribution in [0.15, 0.2) is 54.3 Å². The summed E-state index contributed by atoms with van der Waals surface area (Å²) in [7, 11) is 3.34. The van der Waals surface area contributed by atoms with Crippen LogP contribution in [0, 0.1) is 0 Å². The number of hydrogen-bond donors (Lipinski definition) is 1. The average molecular weight is 394 g/mol. The highest BCUT2D eigenvalue weighted by Crippen LogP contribution is 2.33. The number of ether oxygens (including phenoxy) is 2. The van der Waals surface area contributed by atoms with Gasteiger partial charge in [-0.15, -0.1) is 0 Å². The van der Waals surface area contributed by atoms with E-state index in [0.29, 0.717) is 12.0 Å². The van der Waals surface area contributed by atoms with Crippen LogP contribution in [0.25, 0.3) is 11.3 Å². The number of carbonyl (C=O) groups is 1. The Morgan fingerprint density at radius 3 is 2.62 bits per heavy atom. The molecule has 1 aromatic heterocycles. The Kier molecular flexibility index (Phi) is 7.14. The van der Waals surface area contributed by atoms with E-state index in [9.17, 15) is 9.90 Å². The average Bonchev–Trinajstić information content (AvgIpc) is 2.77. The summed E-state index contributed by atoms with van der Waals surface area (Å²) in [5, 5.41) is 9.19. The molecule has 0 aliphatic heterocycles. The van der Waals surface area contributed by atoms with Crippen molar-refractivity contribution in [2.45, 2.75) is 31.6 Å². The van der Waals surface area contributed by atoms with E-state index in [2.05, 4.69) is 0 Å². The minimum absolute atomic E-state index is 0.0124. The molecule has 1 aromatic carbocycles. The van der Waals surface area contributed by atoms with Gasteiger partial charge in [0.15, 0.2) is 0 Å². The molecule has 0 bridgehead atoms. The summed E-state index contributed by atoms with van der Waals surface area (Å²) in [6.45, 7) is 0.734. The third-order valence-corrected chi connectivity index (χ3v) is 4.94. The summed E-state index contributed by atoms with van der Waals surface area (Å²) < 4.78 is 10.4. The number of aryl methyl sites for hydroxylation is 1. The fourth-order valence-corrected chi connectivity index (χ4v) is 3.33. The molecular weight excluding hydrogens is 368 g/mol. The first kappa shape index (κ1) is 20.7. The first-order chi connectivity index (χ1) is 14.1. The number of carboxylic acids is 1. The molecule has 1 aliphatic carbocycles. The highest BCUT2D eigenvalue weighted by atomic mass is 16.5. The predicted octanol–water partition coefficient (Wildman–Crippen LogP) is 4.18. The lowest BCUT2D eigenvalue weighted by molar-refractivity contribution is -0.132. The van der Waals surface area contributed by atoms with Gasteiger partial charge in [-0.1, -0.05) is 18.2 Å². The van der Waals surface area contributed by atoms with E-state index in [0.717, 1.165) is 54.3 Å². The normalized spacial score (nSPS) is 15.8. The number of nitrogens with zero attached hydrogens (tertiary/aromatic N) is 2. The van der Waals surface area contributed by atoms with E-state index in [1.807, 2.05) is 36.5 Å². The molecule has 0 spiro atoms. The van der Waals surface area contributed by atoms with E-state index >= 15 is 0 Å². The lowest BCUT2D eigenvalue weighted by Crippen LogP contribution is -2.10. The molecule has 0 amide bonds. The molecule has 0 radical (unpaired) electrons. The van der Waals surface area contributed by atoms with Gasteiger partial charge >= 0.3 is 5.97 Å². The summed E-state index contributed by atoms with van der Waals surface area (Å²) >= 11 is 0. The Balaban J connectivity index is 1.90. The first-order valence-corrected chi connectivity index (χ1v) is 9.73. The second-order valence-corrected chi connectivity index (χ2v) is 6.94. The van der Waals surface area contributed by atoms with E-state index in [1.54, 1.807) is 26.4 Å². The summed E-state index contributed by atoms with van der Waals surface area (Å²) in [5.41, 5.74) is 3.90. The van der Waals surface area contributed by atoms with Crippen molar-refractivity contribution in [3.05, 3.63) is 65.7 Å². The van der Waals surface area contributed by atoms with Crippen molar-refractivity contribution in [3.8, 4) is 17.0 Å². The topological polar surface area (TPSA) is 81.5 Å². The zero-order chi connectivity index (χ0) is 20.6. The first-order valence-electron chi connectivity index (χ1n) is 9.73. The number of aromatic nitrogens is 2. The monoisotopic (exact) mass is 394 g/mol. The van der Waals surface area contributed by atoms with Crippen molar-refractivity contribution in [1.82, 2.24) is 9.97 Å². The Labute approximate surface area is 170 Å². The summed E-state index contributed by atoms with van der Waals surface area (Å²) in [4.78, 5) is 20.8. The van der Waals surface area contributed by atoms with Crippen LogP contribution in [0.1, 0.15) is 36.6 Å². The van der Waals surface area contributed by atoms with Crippen LogP contribution in [0.4, 0.5) is 0 Å². The fourth-order valence-electron chi connectivity index (χ4n) is 3.33. The van der Waals surface area contributed by atoms with Gasteiger partial charge in [-0.2, -0.15) is 0 Å². The van der Waals surface area contributed by atoms with E-state index in [4.69, 9.17) is 19.4 Å². The number of methoxy groups -OCH3 is 2. The number of hydrogen-bond acceptors (Lipinski definition) is 5. The molecule has 3 rings (SSSR count). The molecule has 2 aromatic rings. The number of allylic oxidation sites excluding steroid dienone is 2. The molecule has 0 saturated heterocycles. The molecule has 152 valence electrons. The lowest BCUT2D eigenvalue weighted by Gasteiger charge is -2.18. The Morgan fingerprint density at radius 2 is 2.00 bits per heavy atom. The van der Waals surface area contributed by atoms with Gasteiger partial charge < -0.3 is 14.6 Å². The van der Waals surface area contributed by atoms with Crippen LogP contribution >= 0.6 is 0 Å². The maximum atomic E-state index is 11.2. The van der Waals surface area contributed by atoms with Crippen LogP contribution in [-0.2, 0) is 16.0 Å². The highest BCUT2D eigenvalue weighted by molar-refractivity contribution is 5.90. The van der Waals surface area contributed by atoms with Crippen LogP contribution < -0.4 is 4.74 Å². The maximum Gasteiger partial charge on any atom is 0.335 e. The Morgan fingerprint density at radius 1 is 1.21 bits per heavy atom. The summed E-state index contributed by atoms with van der Waals surface area (Å²) in [6, 6.07) is 7.74. The molecule has 6 heteroatoms. The summed E-state index contributed by atoms with van der Waals surface area (Å²) in [5.74, 6) is -0.140. The largest absolute Gasteiger partial charge is 0.497 e. The second kappa shape index (κ2) is 9.98. The van der Waals surface area contributed by atoms with Crippen molar-refractivity contribution in [3.63, 3.8) is 0 Å². The molecule has 1 aliphatic rings. The molecule has 6 nitrogen and oxygen atoms in total. The molecule has 1 atom stereocenters. The van der Waals surface area contributed by atoms with E-state index < -0.39 is 5.97 Å². The Bertz CT molecular complexity index is 904. The number of rotatable bonds is 9. The quantitative estimate of drug-likeness (QED) is 0.643. The van der Waals surface area contributed by atoms with Gasteiger partial charge in [0, 0.05) is 31.4 Å². The minimum atomic E-state index is -0.909. The molecular formula is C23H26N2O4. The molecule has 1 heterocycles. The van der Waals surface area contributed by atoms with Gasteiger partial charge in [-0.3, -0.25) is 9.97 Å². The Hall–Kier alpha value is -2.99. The third kappa shape index (κ3) is 5.29. The molecule has 1 N–H and O–H groups in total. The van der Waals surface area contributed by atoms with Crippen LogP contribution in [0.3, 0.4) is 0 Å². The van der Waals surface area contributed by atoms with E-state index in [1.165, 1.54) is 0 Å². The maximum absolute atomic E-state index is 11.2. The zero-order valence-electron chi connectivity index (χ0n) is 16.8. The van der Waals surface area contributed by atoms with Crippen molar-refractivity contribution in [2.24, 2.45) is 0 Å².